The normalized spacial score (nSPS) is 10.6. The summed E-state index contributed by atoms with van der Waals surface area (Å²) in [6, 6.07) is 10.4. The maximum atomic E-state index is 10.8. The van der Waals surface area contributed by atoms with E-state index in [1.807, 2.05) is 12.1 Å². The molecule has 1 rings (SSSR count). The number of allylic oxidation sites excluding steroid dienone is 2. The summed E-state index contributed by atoms with van der Waals surface area (Å²) in [7, 11) is 1.42. The second-order valence-corrected chi connectivity index (χ2v) is 3.61. The van der Waals surface area contributed by atoms with E-state index in [9.17, 15) is 4.79 Å². The lowest BCUT2D eigenvalue weighted by atomic mass is 10.1. The highest BCUT2D eigenvalue weighted by Crippen LogP contribution is 2.03. The minimum absolute atomic E-state index is 0.146. The first-order valence-corrected chi connectivity index (χ1v) is 5.58. The van der Waals surface area contributed by atoms with Crippen molar-refractivity contribution < 1.29 is 9.53 Å². The fourth-order valence-electron chi connectivity index (χ4n) is 1.43. The number of carbonyl (C=O) groups is 1. The zero-order chi connectivity index (χ0) is 11.6. The van der Waals surface area contributed by atoms with Crippen LogP contribution in [-0.2, 0) is 16.0 Å². The summed E-state index contributed by atoms with van der Waals surface area (Å²) in [5, 5.41) is 0. The number of ether oxygens (including phenoxy) is 1. The van der Waals surface area contributed by atoms with Crippen molar-refractivity contribution >= 4 is 5.97 Å². The minimum atomic E-state index is -0.146. The molecule has 2 nitrogen and oxygen atoms in total. The Kier molecular flexibility index (Phi) is 6.00. The highest BCUT2D eigenvalue weighted by molar-refractivity contribution is 5.69. The van der Waals surface area contributed by atoms with Gasteiger partial charge in [0.1, 0.15) is 0 Å². The van der Waals surface area contributed by atoms with Crippen molar-refractivity contribution in [2.24, 2.45) is 0 Å². The third kappa shape index (κ3) is 5.35. The van der Waals surface area contributed by atoms with E-state index >= 15 is 0 Å². The SMILES string of the molecule is COC(=O)CCC=CCCc1ccccc1. The molecule has 0 N–H and O–H groups in total. The molecule has 0 saturated carbocycles. The molecule has 0 bridgehead atoms. The Bertz CT molecular complexity index is 328. The van der Waals surface area contributed by atoms with Crippen LogP contribution >= 0.6 is 0 Å². The molecule has 0 fully saturated rings. The maximum absolute atomic E-state index is 10.8. The summed E-state index contributed by atoms with van der Waals surface area (Å²) in [6.45, 7) is 0. The van der Waals surface area contributed by atoms with Crippen LogP contribution in [0.2, 0.25) is 0 Å². The average molecular weight is 218 g/mol. The Morgan fingerprint density at radius 3 is 2.56 bits per heavy atom. The van der Waals surface area contributed by atoms with Crippen molar-refractivity contribution in [2.75, 3.05) is 7.11 Å². The zero-order valence-corrected chi connectivity index (χ0v) is 9.69. The summed E-state index contributed by atoms with van der Waals surface area (Å²) < 4.78 is 4.55. The van der Waals surface area contributed by atoms with Gasteiger partial charge in [0.2, 0.25) is 0 Å². The number of aryl methyl sites for hydroxylation is 1. The van der Waals surface area contributed by atoms with E-state index in [2.05, 4.69) is 35.1 Å². The van der Waals surface area contributed by atoms with Crippen LogP contribution in [0.5, 0.6) is 0 Å². The summed E-state index contributed by atoms with van der Waals surface area (Å²) in [4.78, 5) is 10.8. The van der Waals surface area contributed by atoms with Crippen LogP contribution in [0.3, 0.4) is 0 Å². The largest absolute Gasteiger partial charge is 0.469 e. The molecular weight excluding hydrogens is 200 g/mol. The number of hydrogen-bond donors (Lipinski definition) is 0. The van der Waals surface area contributed by atoms with Crippen molar-refractivity contribution in [2.45, 2.75) is 25.7 Å². The Morgan fingerprint density at radius 1 is 1.19 bits per heavy atom. The molecule has 0 radical (unpaired) electrons. The van der Waals surface area contributed by atoms with Crippen LogP contribution in [0.1, 0.15) is 24.8 Å². The Morgan fingerprint density at radius 2 is 1.88 bits per heavy atom. The van der Waals surface area contributed by atoms with Gasteiger partial charge >= 0.3 is 5.97 Å². The van der Waals surface area contributed by atoms with Crippen LogP contribution in [-0.4, -0.2) is 13.1 Å². The molecule has 0 heterocycles. The second-order valence-electron chi connectivity index (χ2n) is 3.61. The van der Waals surface area contributed by atoms with Crippen LogP contribution in [0.25, 0.3) is 0 Å². The van der Waals surface area contributed by atoms with Gasteiger partial charge < -0.3 is 4.74 Å². The lowest BCUT2D eigenvalue weighted by Crippen LogP contribution is -1.97. The fourth-order valence-corrected chi connectivity index (χ4v) is 1.43. The number of benzene rings is 1. The molecule has 0 unspecified atom stereocenters. The minimum Gasteiger partial charge on any atom is -0.469 e. The Hall–Kier alpha value is -1.57. The summed E-state index contributed by atoms with van der Waals surface area (Å²) in [5.41, 5.74) is 1.35. The predicted octanol–water partition coefficient (Wildman–Crippen LogP) is 3.13. The monoisotopic (exact) mass is 218 g/mol. The van der Waals surface area contributed by atoms with Crippen molar-refractivity contribution in [3.05, 3.63) is 48.0 Å². The molecule has 0 aromatic heterocycles. The smallest absolute Gasteiger partial charge is 0.305 e. The van der Waals surface area contributed by atoms with Crippen LogP contribution in [0, 0.1) is 0 Å². The van der Waals surface area contributed by atoms with Crippen LogP contribution < -0.4 is 0 Å². The van der Waals surface area contributed by atoms with E-state index < -0.39 is 0 Å². The van der Waals surface area contributed by atoms with Crippen molar-refractivity contribution in [3.63, 3.8) is 0 Å². The third-order valence-corrected chi connectivity index (χ3v) is 2.35. The van der Waals surface area contributed by atoms with E-state index in [0.29, 0.717) is 6.42 Å². The number of hydrogen-bond acceptors (Lipinski definition) is 2. The molecule has 1 aromatic rings. The van der Waals surface area contributed by atoms with Gasteiger partial charge in [0.15, 0.2) is 0 Å². The van der Waals surface area contributed by atoms with Gasteiger partial charge in [0.05, 0.1) is 7.11 Å². The van der Waals surface area contributed by atoms with E-state index in [0.717, 1.165) is 19.3 Å². The summed E-state index contributed by atoms with van der Waals surface area (Å²) >= 11 is 0. The standard InChI is InChI=1S/C14H18O2/c1-16-14(15)12-8-3-2-5-9-13-10-6-4-7-11-13/h2-4,6-7,10-11H,5,8-9,12H2,1H3. The molecule has 1 aromatic carbocycles. The van der Waals surface area contributed by atoms with E-state index in [1.165, 1.54) is 12.7 Å². The number of esters is 1. The average Bonchev–Trinajstić information content (AvgIpc) is 2.34. The molecule has 0 saturated heterocycles. The van der Waals surface area contributed by atoms with Gasteiger partial charge in [-0.1, -0.05) is 42.5 Å². The third-order valence-electron chi connectivity index (χ3n) is 2.35. The second kappa shape index (κ2) is 7.69. The van der Waals surface area contributed by atoms with Gasteiger partial charge in [-0.15, -0.1) is 0 Å². The van der Waals surface area contributed by atoms with Gasteiger partial charge in [-0.05, 0) is 24.8 Å². The van der Waals surface area contributed by atoms with Gasteiger partial charge in [-0.3, -0.25) is 4.79 Å². The Labute approximate surface area is 96.9 Å². The lowest BCUT2D eigenvalue weighted by molar-refractivity contribution is -0.140. The van der Waals surface area contributed by atoms with Crippen molar-refractivity contribution in [1.82, 2.24) is 0 Å². The fraction of sp³-hybridized carbons (Fsp3) is 0.357. The van der Waals surface area contributed by atoms with Gasteiger partial charge in [0, 0.05) is 6.42 Å². The number of carbonyl (C=O) groups excluding carboxylic acids is 1. The van der Waals surface area contributed by atoms with Gasteiger partial charge in [-0.25, -0.2) is 0 Å². The van der Waals surface area contributed by atoms with Crippen molar-refractivity contribution in [1.29, 1.82) is 0 Å². The van der Waals surface area contributed by atoms with E-state index in [-0.39, 0.29) is 5.97 Å². The molecule has 2 heteroatoms. The Balaban J connectivity index is 2.11. The first-order chi connectivity index (χ1) is 7.83. The van der Waals surface area contributed by atoms with Crippen LogP contribution in [0.15, 0.2) is 42.5 Å². The topological polar surface area (TPSA) is 26.3 Å². The molecule has 0 aliphatic rings. The molecule has 0 amide bonds. The highest BCUT2D eigenvalue weighted by Gasteiger charge is 1.95. The molecule has 0 spiro atoms. The molecule has 0 aliphatic carbocycles. The molecular formula is C14H18O2. The zero-order valence-electron chi connectivity index (χ0n) is 9.69. The molecule has 86 valence electrons. The van der Waals surface area contributed by atoms with Gasteiger partial charge in [-0.2, -0.15) is 0 Å². The van der Waals surface area contributed by atoms with Gasteiger partial charge in [0.25, 0.3) is 0 Å². The predicted molar refractivity (Wildman–Crippen MR) is 65.2 cm³/mol. The number of methoxy groups -OCH3 is 1. The number of rotatable bonds is 6. The molecule has 0 atom stereocenters. The maximum Gasteiger partial charge on any atom is 0.305 e. The molecule has 0 aliphatic heterocycles. The first kappa shape index (κ1) is 12.5. The molecule has 16 heavy (non-hydrogen) atoms. The summed E-state index contributed by atoms with van der Waals surface area (Å²) in [5.74, 6) is -0.146. The van der Waals surface area contributed by atoms with E-state index in [4.69, 9.17) is 0 Å². The quantitative estimate of drug-likeness (QED) is 0.541. The van der Waals surface area contributed by atoms with E-state index in [1.54, 1.807) is 0 Å². The lowest BCUT2D eigenvalue weighted by Gasteiger charge is -1.97. The highest BCUT2D eigenvalue weighted by atomic mass is 16.5. The van der Waals surface area contributed by atoms with Crippen LogP contribution in [0.4, 0.5) is 0 Å². The van der Waals surface area contributed by atoms with Crippen molar-refractivity contribution in [3.8, 4) is 0 Å². The summed E-state index contributed by atoms with van der Waals surface area (Å²) in [6.07, 6.45) is 7.47. The first-order valence-electron chi connectivity index (χ1n) is 5.58.